The van der Waals surface area contributed by atoms with Gasteiger partial charge in [0.15, 0.2) is 0 Å². The zero-order valence-corrected chi connectivity index (χ0v) is 21.8. The molecule has 12 heteroatoms. The summed E-state index contributed by atoms with van der Waals surface area (Å²) in [5.41, 5.74) is 6.82. The molecular formula is C27H32F3N5O4. The fraction of sp³-hybridized carbons (Fsp3) is 0.481. The maximum Gasteiger partial charge on any atom is 0.408 e. The van der Waals surface area contributed by atoms with Crippen LogP contribution in [0.3, 0.4) is 0 Å². The lowest BCUT2D eigenvalue weighted by atomic mass is 9.81. The first-order valence-corrected chi connectivity index (χ1v) is 12.8. The number of ether oxygens (including phenoxy) is 1. The third-order valence-electron chi connectivity index (χ3n) is 7.53. The molecule has 0 radical (unpaired) electrons. The number of anilines is 2. The number of likely N-dealkylation sites (N-methyl/N-ethyl adjacent to an activating group) is 1. The van der Waals surface area contributed by atoms with Gasteiger partial charge in [-0.15, -0.1) is 0 Å². The van der Waals surface area contributed by atoms with Crippen LogP contribution in [0.25, 0.3) is 0 Å². The molecular weight excluding hydrogens is 515 g/mol. The number of carbonyl (C=O) groups excluding carboxylic acids is 3. The second kappa shape index (κ2) is 11.5. The molecule has 39 heavy (non-hydrogen) atoms. The first-order chi connectivity index (χ1) is 18.5. The average molecular weight is 548 g/mol. The van der Waals surface area contributed by atoms with Gasteiger partial charge in [0, 0.05) is 18.9 Å². The Morgan fingerprint density at radius 2 is 1.85 bits per heavy atom. The molecule has 1 aromatic heterocycles. The number of likely N-dealkylation sites (tertiary alicyclic amines) is 1. The van der Waals surface area contributed by atoms with Gasteiger partial charge in [0.25, 0.3) is 5.91 Å². The van der Waals surface area contributed by atoms with E-state index in [9.17, 15) is 27.6 Å². The number of halogens is 3. The van der Waals surface area contributed by atoms with Crippen molar-refractivity contribution in [3.05, 3.63) is 48.2 Å². The van der Waals surface area contributed by atoms with E-state index in [0.717, 1.165) is 6.42 Å². The van der Waals surface area contributed by atoms with Gasteiger partial charge in [-0.3, -0.25) is 14.5 Å². The summed E-state index contributed by atoms with van der Waals surface area (Å²) < 4.78 is 47.1. The van der Waals surface area contributed by atoms with Gasteiger partial charge in [0.05, 0.1) is 13.0 Å². The van der Waals surface area contributed by atoms with E-state index in [1.54, 1.807) is 36.4 Å². The maximum atomic E-state index is 14.0. The third-order valence-corrected chi connectivity index (χ3v) is 7.53. The van der Waals surface area contributed by atoms with Crippen molar-refractivity contribution in [2.24, 2.45) is 11.8 Å². The number of nitrogens with two attached hydrogens (primary N) is 1. The van der Waals surface area contributed by atoms with E-state index in [4.69, 9.17) is 10.5 Å². The van der Waals surface area contributed by atoms with Crippen LogP contribution in [0.15, 0.2) is 42.6 Å². The highest BCUT2D eigenvalue weighted by Crippen LogP contribution is 2.37. The van der Waals surface area contributed by atoms with Gasteiger partial charge in [-0.2, -0.15) is 13.2 Å². The summed E-state index contributed by atoms with van der Waals surface area (Å²) in [6.07, 6.45) is -0.403. The van der Waals surface area contributed by atoms with Crippen LogP contribution < -0.4 is 20.7 Å². The molecule has 1 aliphatic heterocycles. The summed E-state index contributed by atoms with van der Waals surface area (Å²) in [5, 5.41) is 2.06. The molecule has 3 N–H and O–H groups in total. The highest BCUT2D eigenvalue weighted by atomic mass is 19.4. The number of carbonyl (C=O) groups is 3. The highest BCUT2D eigenvalue weighted by Gasteiger charge is 2.56. The molecule has 3 atom stereocenters. The molecule has 4 amide bonds. The van der Waals surface area contributed by atoms with E-state index >= 15 is 0 Å². The zero-order valence-electron chi connectivity index (χ0n) is 21.8. The molecule has 2 aliphatic rings. The Morgan fingerprint density at radius 1 is 1.18 bits per heavy atom. The second-order valence-electron chi connectivity index (χ2n) is 10.0. The molecule has 9 nitrogen and oxygen atoms in total. The standard InChI is InChI=1S/C27H32F3N5O4/c1-34(18-8-10-19(39-2)11-9-18)25(37)22-20(14-16-12-13-32-21(31)15-16)24(36)35(22)26(38)33-23(27(28,29)30)17-6-4-3-5-7-17/h8-13,15,17,20,22-23H,3-7,14H2,1-2H3,(H2,31,32)(H,33,38)/t20-,22+,23?/m1/s1. The molecule has 0 bridgehead atoms. The predicted octanol–water partition coefficient (Wildman–Crippen LogP) is 3.93. The number of alkyl halides is 3. The molecule has 210 valence electrons. The van der Waals surface area contributed by atoms with E-state index in [-0.39, 0.29) is 12.2 Å². The van der Waals surface area contributed by atoms with Crippen molar-refractivity contribution in [2.45, 2.75) is 56.8 Å². The first-order valence-electron chi connectivity index (χ1n) is 12.8. The molecule has 0 spiro atoms. The van der Waals surface area contributed by atoms with Gasteiger partial charge < -0.3 is 20.7 Å². The number of aromatic nitrogens is 1. The largest absolute Gasteiger partial charge is 0.497 e. The molecule has 1 aromatic carbocycles. The lowest BCUT2D eigenvalue weighted by Gasteiger charge is -2.46. The van der Waals surface area contributed by atoms with Crippen molar-refractivity contribution in [2.75, 3.05) is 24.8 Å². The van der Waals surface area contributed by atoms with E-state index in [1.165, 1.54) is 25.3 Å². The average Bonchev–Trinajstić information content (AvgIpc) is 2.92. The Balaban J connectivity index is 1.60. The number of nitrogens with zero attached hydrogens (tertiary/aromatic N) is 3. The van der Waals surface area contributed by atoms with E-state index < -0.39 is 47.9 Å². The molecule has 2 aromatic rings. The van der Waals surface area contributed by atoms with Crippen molar-refractivity contribution in [1.82, 2.24) is 15.2 Å². The van der Waals surface area contributed by atoms with E-state index in [2.05, 4.69) is 10.3 Å². The summed E-state index contributed by atoms with van der Waals surface area (Å²) in [5.74, 6) is -2.31. The normalized spacial score (nSPS) is 20.6. The van der Waals surface area contributed by atoms with Gasteiger partial charge in [0.1, 0.15) is 23.7 Å². The number of imide groups is 1. The third kappa shape index (κ3) is 6.10. The van der Waals surface area contributed by atoms with Crippen LogP contribution in [-0.4, -0.2) is 60.1 Å². The molecule has 1 aliphatic carbocycles. The van der Waals surface area contributed by atoms with Gasteiger partial charge >= 0.3 is 12.2 Å². The highest BCUT2D eigenvalue weighted by molar-refractivity contribution is 6.12. The first kappa shape index (κ1) is 28.2. The number of hydrogen-bond acceptors (Lipinski definition) is 6. The Hall–Kier alpha value is -3.83. The van der Waals surface area contributed by atoms with E-state index in [1.807, 2.05) is 0 Å². The van der Waals surface area contributed by atoms with E-state index in [0.29, 0.717) is 47.6 Å². The minimum Gasteiger partial charge on any atom is -0.497 e. The Labute approximate surface area is 224 Å². The number of nitrogen functional groups attached to an aromatic ring is 1. The van der Waals surface area contributed by atoms with Crippen LogP contribution in [0.4, 0.5) is 29.5 Å². The number of nitrogens with one attached hydrogen (secondary N) is 1. The predicted molar refractivity (Wildman–Crippen MR) is 138 cm³/mol. The number of urea groups is 1. The lowest BCUT2D eigenvalue weighted by molar-refractivity contribution is -0.170. The summed E-state index contributed by atoms with van der Waals surface area (Å²) in [7, 11) is 2.98. The number of methoxy groups -OCH3 is 1. The number of pyridine rings is 1. The van der Waals surface area contributed by atoms with Gasteiger partial charge in [0.2, 0.25) is 5.91 Å². The van der Waals surface area contributed by atoms with Crippen molar-refractivity contribution < 1.29 is 32.3 Å². The number of β-lactam (4-membered cyclic amide) rings is 1. The maximum absolute atomic E-state index is 14.0. The summed E-state index contributed by atoms with van der Waals surface area (Å²) in [4.78, 5) is 45.9. The Bertz CT molecular complexity index is 1200. The van der Waals surface area contributed by atoms with Gasteiger partial charge in [-0.1, -0.05) is 19.3 Å². The minimum atomic E-state index is -4.70. The Kier molecular flexibility index (Phi) is 8.31. The molecule has 1 saturated heterocycles. The van der Waals surface area contributed by atoms with Crippen molar-refractivity contribution >= 4 is 29.4 Å². The molecule has 1 saturated carbocycles. The van der Waals surface area contributed by atoms with Crippen LogP contribution >= 0.6 is 0 Å². The molecule has 2 heterocycles. The van der Waals surface area contributed by atoms with Crippen LogP contribution in [-0.2, 0) is 16.0 Å². The molecule has 4 rings (SSSR count). The van der Waals surface area contributed by atoms with Crippen LogP contribution in [0.1, 0.15) is 37.7 Å². The van der Waals surface area contributed by atoms with Crippen molar-refractivity contribution in [3.63, 3.8) is 0 Å². The van der Waals surface area contributed by atoms with Gasteiger partial charge in [-0.05, 0) is 67.1 Å². The molecule has 1 unspecified atom stereocenters. The van der Waals surface area contributed by atoms with Crippen LogP contribution in [0.5, 0.6) is 5.75 Å². The van der Waals surface area contributed by atoms with Gasteiger partial charge in [-0.25, -0.2) is 9.78 Å². The topological polar surface area (TPSA) is 118 Å². The SMILES string of the molecule is COc1ccc(N(C)C(=O)[C@@H]2[C@@H](Cc3ccnc(N)c3)C(=O)N2C(=O)NC(C2CCCCC2)C(F)(F)F)cc1. The Morgan fingerprint density at radius 3 is 2.44 bits per heavy atom. The number of hydrogen-bond donors (Lipinski definition) is 2. The number of amides is 4. The fourth-order valence-electron chi connectivity index (χ4n) is 5.40. The second-order valence-corrected chi connectivity index (χ2v) is 10.0. The van der Waals surface area contributed by atoms with Crippen molar-refractivity contribution in [3.8, 4) is 5.75 Å². The summed E-state index contributed by atoms with van der Waals surface area (Å²) >= 11 is 0. The molecule has 2 fully saturated rings. The number of benzene rings is 1. The van der Waals surface area contributed by atoms with Crippen molar-refractivity contribution in [1.29, 1.82) is 0 Å². The summed E-state index contributed by atoms with van der Waals surface area (Å²) in [6.45, 7) is 0. The van der Waals surface area contributed by atoms with Crippen LogP contribution in [0, 0.1) is 11.8 Å². The van der Waals surface area contributed by atoms with Crippen LogP contribution in [0.2, 0.25) is 0 Å². The zero-order chi connectivity index (χ0) is 28.3. The lowest BCUT2D eigenvalue weighted by Crippen LogP contribution is -2.71. The fourth-order valence-corrected chi connectivity index (χ4v) is 5.40. The monoisotopic (exact) mass is 547 g/mol. The minimum absolute atomic E-state index is 0.0630. The quantitative estimate of drug-likeness (QED) is 0.508. The smallest absolute Gasteiger partial charge is 0.408 e. The number of rotatable bonds is 7. The summed E-state index contributed by atoms with van der Waals surface area (Å²) in [6, 6.07) is 5.09.